The Morgan fingerprint density at radius 1 is 0.941 bits per heavy atom. The van der Waals surface area contributed by atoms with Gasteiger partial charge in [-0.3, -0.25) is 9.59 Å². The number of carbonyl (C=O) groups excluding carboxylic acids is 1. The Kier molecular flexibility index (Phi) is 7.35. The second-order valence-corrected chi connectivity index (χ2v) is 7.88. The highest BCUT2D eigenvalue weighted by atomic mass is 16.5. The molecule has 0 amide bonds. The normalized spacial score (nSPS) is 11.7. The van der Waals surface area contributed by atoms with Gasteiger partial charge in [-0.05, 0) is 54.8 Å². The van der Waals surface area contributed by atoms with Gasteiger partial charge in [0.25, 0.3) is 5.56 Å². The van der Waals surface area contributed by atoms with Gasteiger partial charge >= 0.3 is 5.97 Å². The number of aromatic hydroxyl groups is 4. The smallest absolute Gasteiger partial charge is 0.306 e. The lowest BCUT2D eigenvalue weighted by molar-refractivity contribution is -0.140. The summed E-state index contributed by atoms with van der Waals surface area (Å²) in [5.74, 6) is -2.15. The molecule has 0 saturated heterocycles. The first-order valence-corrected chi connectivity index (χ1v) is 10.5. The Morgan fingerprint density at radius 3 is 2.29 bits per heavy atom. The molecule has 0 saturated carbocycles. The third kappa shape index (κ3) is 5.09. The molecule has 2 aromatic carbocycles. The first kappa shape index (κ1) is 24.5. The van der Waals surface area contributed by atoms with Gasteiger partial charge < -0.3 is 34.5 Å². The standard InChI is InChI=1S/C25H27NO8/c1-14-10-21(30)24(25(32)26(14)9-8-15-4-6-18(27)20(29)11-15)17(13-23(31)34-3)16-5-7-19(28)22(12-16)33-2/h4-7,10-12,17,27-30H,8-9,13H2,1-3H3. The van der Waals surface area contributed by atoms with Crippen LogP contribution >= 0.6 is 0 Å². The second-order valence-electron chi connectivity index (χ2n) is 7.88. The lowest BCUT2D eigenvalue weighted by atomic mass is 9.88. The number of phenolic OH excluding ortho intramolecular Hbond substituents is 3. The average molecular weight is 469 g/mol. The van der Waals surface area contributed by atoms with Crippen LogP contribution in [-0.4, -0.2) is 45.2 Å². The van der Waals surface area contributed by atoms with Gasteiger partial charge in [0.1, 0.15) is 5.75 Å². The van der Waals surface area contributed by atoms with E-state index in [0.717, 1.165) is 0 Å². The Balaban J connectivity index is 2.07. The fraction of sp³-hybridized carbons (Fsp3) is 0.280. The molecule has 0 radical (unpaired) electrons. The number of aromatic nitrogens is 1. The van der Waals surface area contributed by atoms with Crippen molar-refractivity contribution >= 4 is 5.97 Å². The molecule has 3 aromatic rings. The van der Waals surface area contributed by atoms with Crippen LogP contribution in [0.5, 0.6) is 28.7 Å². The Bertz CT molecular complexity index is 1260. The number of esters is 1. The molecule has 0 aliphatic carbocycles. The van der Waals surface area contributed by atoms with Crippen LogP contribution in [-0.2, 0) is 22.5 Å². The van der Waals surface area contributed by atoms with Crippen molar-refractivity contribution in [1.82, 2.24) is 4.57 Å². The summed E-state index contributed by atoms with van der Waals surface area (Å²) in [7, 11) is 2.61. The average Bonchev–Trinajstić information content (AvgIpc) is 2.80. The SMILES string of the molecule is COC(=O)CC(c1ccc(O)c(OC)c1)c1c(O)cc(C)n(CCc2ccc(O)c(O)c2)c1=O. The van der Waals surface area contributed by atoms with Crippen LogP contribution in [0.15, 0.2) is 47.3 Å². The summed E-state index contributed by atoms with van der Waals surface area (Å²) in [5.41, 5.74) is 1.21. The number of phenols is 3. The number of carbonyl (C=O) groups is 1. The van der Waals surface area contributed by atoms with Gasteiger partial charge in [0, 0.05) is 18.2 Å². The number of aryl methyl sites for hydroxylation is 2. The fourth-order valence-electron chi connectivity index (χ4n) is 3.89. The quantitative estimate of drug-likeness (QED) is 0.292. The molecule has 0 spiro atoms. The van der Waals surface area contributed by atoms with E-state index in [1.54, 1.807) is 19.1 Å². The van der Waals surface area contributed by atoms with E-state index in [1.165, 1.54) is 49.1 Å². The van der Waals surface area contributed by atoms with E-state index in [-0.39, 0.29) is 47.3 Å². The van der Waals surface area contributed by atoms with E-state index < -0.39 is 17.4 Å². The van der Waals surface area contributed by atoms with E-state index in [4.69, 9.17) is 9.47 Å². The summed E-state index contributed by atoms with van der Waals surface area (Å²) < 4.78 is 11.4. The molecule has 180 valence electrons. The van der Waals surface area contributed by atoms with Crippen LogP contribution in [0.1, 0.15) is 34.7 Å². The molecule has 1 unspecified atom stereocenters. The Morgan fingerprint density at radius 2 is 1.65 bits per heavy atom. The highest BCUT2D eigenvalue weighted by Gasteiger charge is 2.27. The molecule has 3 rings (SSSR count). The van der Waals surface area contributed by atoms with Crippen LogP contribution in [0, 0.1) is 6.92 Å². The van der Waals surface area contributed by atoms with Crippen molar-refractivity contribution in [2.75, 3.05) is 14.2 Å². The van der Waals surface area contributed by atoms with E-state index in [2.05, 4.69) is 0 Å². The Hall–Kier alpha value is -4.14. The first-order valence-electron chi connectivity index (χ1n) is 10.5. The molecule has 1 atom stereocenters. The second kappa shape index (κ2) is 10.2. The highest BCUT2D eigenvalue weighted by Crippen LogP contribution is 2.36. The van der Waals surface area contributed by atoms with E-state index in [0.29, 0.717) is 23.2 Å². The van der Waals surface area contributed by atoms with E-state index in [9.17, 15) is 30.0 Å². The topological polar surface area (TPSA) is 138 Å². The molecule has 0 bridgehead atoms. The van der Waals surface area contributed by atoms with E-state index >= 15 is 0 Å². The highest BCUT2D eigenvalue weighted by molar-refractivity contribution is 5.71. The van der Waals surface area contributed by atoms with Crippen LogP contribution in [0.4, 0.5) is 0 Å². The minimum atomic E-state index is -0.862. The number of hydrogen-bond donors (Lipinski definition) is 4. The number of hydrogen-bond acceptors (Lipinski definition) is 8. The molecule has 34 heavy (non-hydrogen) atoms. The van der Waals surface area contributed by atoms with Crippen LogP contribution in [0.2, 0.25) is 0 Å². The number of rotatable bonds is 8. The van der Waals surface area contributed by atoms with E-state index in [1.807, 2.05) is 0 Å². The largest absolute Gasteiger partial charge is 0.507 e. The molecule has 0 fully saturated rings. The lowest BCUT2D eigenvalue weighted by Crippen LogP contribution is -2.29. The summed E-state index contributed by atoms with van der Waals surface area (Å²) in [6.45, 7) is 1.91. The number of benzene rings is 2. The zero-order valence-corrected chi connectivity index (χ0v) is 19.1. The minimum Gasteiger partial charge on any atom is -0.507 e. The number of pyridine rings is 1. The summed E-state index contributed by atoms with van der Waals surface area (Å²) in [6, 6.07) is 10.3. The molecule has 0 aliphatic rings. The fourth-order valence-corrected chi connectivity index (χ4v) is 3.89. The van der Waals surface area contributed by atoms with Crippen molar-refractivity contribution in [3.8, 4) is 28.7 Å². The van der Waals surface area contributed by atoms with Crippen molar-refractivity contribution < 1.29 is 34.7 Å². The maximum atomic E-state index is 13.5. The third-order valence-corrected chi connectivity index (χ3v) is 5.74. The molecule has 1 heterocycles. The van der Waals surface area contributed by atoms with Crippen molar-refractivity contribution in [3.63, 3.8) is 0 Å². The maximum absolute atomic E-state index is 13.5. The molecule has 9 heteroatoms. The molecule has 1 aromatic heterocycles. The van der Waals surface area contributed by atoms with Crippen molar-refractivity contribution in [3.05, 3.63) is 75.2 Å². The molecular formula is C25H27NO8. The van der Waals surface area contributed by atoms with Gasteiger partial charge in [-0.15, -0.1) is 0 Å². The predicted molar refractivity (Wildman–Crippen MR) is 124 cm³/mol. The van der Waals surface area contributed by atoms with Gasteiger partial charge in [-0.1, -0.05) is 12.1 Å². The van der Waals surface area contributed by atoms with Crippen molar-refractivity contribution in [2.24, 2.45) is 0 Å². The Labute approximate surface area is 196 Å². The zero-order valence-electron chi connectivity index (χ0n) is 19.1. The third-order valence-electron chi connectivity index (χ3n) is 5.74. The molecule has 0 aliphatic heterocycles. The minimum absolute atomic E-state index is 0.0114. The number of nitrogens with zero attached hydrogens (tertiary/aromatic N) is 1. The van der Waals surface area contributed by atoms with Crippen molar-refractivity contribution in [2.45, 2.75) is 32.2 Å². The van der Waals surface area contributed by atoms with Crippen LogP contribution < -0.4 is 10.3 Å². The predicted octanol–water partition coefficient (Wildman–Crippen LogP) is 2.93. The summed E-state index contributed by atoms with van der Waals surface area (Å²) in [5, 5.41) is 39.9. The summed E-state index contributed by atoms with van der Waals surface area (Å²) in [4.78, 5) is 25.7. The number of ether oxygens (including phenoxy) is 2. The van der Waals surface area contributed by atoms with Crippen molar-refractivity contribution in [1.29, 1.82) is 0 Å². The summed E-state index contributed by atoms with van der Waals surface area (Å²) >= 11 is 0. The van der Waals surface area contributed by atoms with Gasteiger partial charge in [0.05, 0.1) is 26.2 Å². The lowest BCUT2D eigenvalue weighted by Gasteiger charge is -2.21. The zero-order chi connectivity index (χ0) is 25.0. The summed E-state index contributed by atoms with van der Waals surface area (Å²) in [6.07, 6.45) is 0.148. The van der Waals surface area contributed by atoms with Crippen LogP contribution in [0.3, 0.4) is 0 Å². The van der Waals surface area contributed by atoms with Gasteiger partial charge in [0.2, 0.25) is 0 Å². The molecule has 4 N–H and O–H groups in total. The van der Waals surface area contributed by atoms with Gasteiger partial charge in [-0.25, -0.2) is 0 Å². The van der Waals surface area contributed by atoms with Crippen LogP contribution in [0.25, 0.3) is 0 Å². The number of methoxy groups -OCH3 is 2. The monoisotopic (exact) mass is 469 g/mol. The molecule has 9 nitrogen and oxygen atoms in total. The maximum Gasteiger partial charge on any atom is 0.306 e. The first-order chi connectivity index (χ1) is 16.2. The van der Waals surface area contributed by atoms with Gasteiger partial charge in [0.15, 0.2) is 23.0 Å². The van der Waals surface area contributed by atoms with Gasteiger partial charge in [-0.2, -0.15) is 0 Å². The molecular weight excluding hydrogens is 442 g/mol.